The van der Waals surface area contributed by atoms with Crippen LogP contribution in [0.25, 0.3) is 10.9 Å². The normalized spacial score (nSPS) is 15.4. The third-order valence-electron chi connectivity index (χ3n) is 5.18. The van der Waals surface area contributed by atoms with E-state index in [-0.39, 0.29) is 11.5 Å². The van der Waals surface area contributed by atoms with Gasteiger partial charge in [0, 0.05) is 43.8 Å². The van der Waals surface area contributed by atoms with E-state index in [4.69, 9.17) is 0 Å². The maximum Gasteiger partial charge on any atom is 0.264 e. The molecule has 2 aromatic heterocycles. The number of hydrogen-bond acceptors (Lipinski definition) is 4. The highest BCUT2D eigenvalue weighted by Crippen LogP contribution is 2.17. The Morgan fingerprint density at radius 1 is 1.15 bits per heavy atom. The maximum absolute atomic E-state index is 12.4. The number of rotatable bonds is 4. The van der Waals surface area contributed by atoms with Gasteiger partial charge in [-0.05, 0) is 47.0 Å². The van der Waals surface area contributed by atoms with E-state index in [0.29, 0.717) is 19.6 Å². The molecule has 0 spiro atoms. The van der Waals surface area contributed by atoms with Crippen LogP contribution in [0.5, 0.6) is 0 Å². The third-order valence-corrected chi connectivity index (χ3v) is 6.04. The van der Waals surface area contributed by atoms with Gasteiger partial charge >= 0.3 is 0 Å². The maximum atomic E-state index is 12.4. The van der Waals surface area contributed by atoms with Crippen LogP contribution in [-0.2, 0) is 13.0 Å². The number of amides is 1. The quantitative estimate of drug-likeness (QED) is 0.755. The number of aromatic nitrogens is 1. The second-order valence-corrected chi connectivity index (χ2v) is 7.89. The Morgan fingerprint density at radius 3 is 2.67 bits per heavy atom. The van der Waals surface area contributed by atoms with E-state index in [2.05, 4.69) is 28.9 Å². The van der Waals surface area contributed by atoms with Gasteiger partial charge in [0.1, 0.15) is 0 Å². The van der Waals surface area contributed by atoms with Crippen LogP contribution in [0.1, 0.15) is 27.7 Å². The average molecular weight is 382 g/mol. The molecule has 3 heterocycles. The highest BCUT2D eigenvalue weighted by molar-refractivity contribution is 7.12. The van der Waals surface area contributed by atoms with Crippen LogP contribution in [-0.4, -0.2) is 46.9 Å². The molecule has 140 valence electrons. The number of aryl methyl sites for hydroxylation is 1. The Labute approximate surface area is 162 Å². The van der Waals surface area contributed by atoms with Crippen molar-refractivity contribution < 1.29 is 4.79 Å². The summed E-state index contributed by atoms with van der Waals surface area (Å²) in [6, 6.07) is 12.0. The predicted octanol–water partition coefficient (Wildman–Crippen LogP) is 3.11. The number of carbonyl (C=O) groups excluding carboxylic acids is 1. The summed E-state index contributed by atoms with van der Waals surface area (Å²) >= 11 is 1.48. The van der Waals surface area contributed by atoms with Crippen LogP contribution in [0.3, 0.4) is 0 Å². The van der Waals surface area contributed by atoms with Gasteiger partial charge in [-0.1, -0.05) is 19.1 Å². The fraction of sp³-hybridized carbons (Fsp3) is 0.333. The summed E-state index contributed by atoms with van der Waals surface area (Å²) in [6.45, 7) is 5.70. The fourth-order valence-corrected chi connectivity index (χ4v) is 4.24. The number of piperazine rings is 1. The second-order valence-electron chi connectivity index (χ2n) is 6.94. The summed E-state index contributed by atoms with van der Waals surface area (Å²) in [5.41, 5.74) is 2.91. The molecular weight excluding hydrogens is 358 g/mol. The van der Waals surface area contributed by atoms with Crippen LogP contribution >= 0.6 is 11.3 Å². The molecular formula is C21H23N3O2S. The smallest absolute Gasteiger partial charge is 0.264 e. The standard InChI is InChI=1S/C21H23N3O2S/c1-2-15-5-6-18-16(12-15)13-17(20(25)22-18)14-23-7-9-24(10-8-23)21(26)19-4-3-11-27-19/h3-6,11-13H,2,7-10,14H2,1H3,(H,22,25). The fourth-order valence-electron chi connectivity index (χ4n) is 3.54. The topological polar surface area (TPSA) is 56.4 Å². The summed E-state index contributed by atoms with van der Waals surface area (Å²) in [5, 5.41) is 3.01. The van der Waals surface area contributed by atoms with E-state index in [1.54, 1.807) is 0 Å². The molecule has 5 nitrogen and oxygen atoms in total. The van der Waals surface area contributed by atoms with Crippen molar-refractivity contribution in [2.75, 3.05) is 26.2 Å². The molecule has 1 aromatic carbocycles. The van der Waals surface area contributed by atoms with Crippen molar-refractivity contribution in [3.63, 3.8) is 0 Å². The minimum Gasteiger partial charge on any atom is -0.335 e. The molecule has 1 saturated heterocycles. The number of thiophene rings is 1. The number of nitrogens with zero attached hydrogens (tertiary/aromatic N) is 2. The molecule has 0 bridgehead atoms. The van der Waals surface area contributed by atoms with E-state index < -0.39 is 0 Å². The highest BCUT2D eigenvalue weighted by Gasteiger charge is 2.23. The molecule has 0 atom stereocenters. The number of carbonyl (C=O) groups is 1. The van der Waals surface area contributed by atoms with Crippen molar-refractivity contribution >= 4 is 28.1 Å². The van der Waals surface area contributed by atoms with E-state index in [1.807, 2.05) is 34.5 Å². The van der Waals surface area contributed by atoms with Gasteiger partial charge in [0.05, 0.1) is 4.88 Å². The Kier molecular flexibility index (Phi) is 5.09. The van der Waals surface area contributed by atoms with Crippen LogP contribution < -0.4 is 5.56 Å². The minimum absolute atomic E-state index is 0.0242. The molecule has 3 aromatic rings. The average Bonchev–Trinajstić information content (AvgIpc) is 3.23. The van der Waals surface area contributed by atoms with Gasteiger partial charge in [0.25, 0.3) is 11.5 Å². The number of nitrogens with one attached hydrogen (secondary N) is 1. The number of hydrogen-bond donors (Lipinski definition) is 1. The first-order valence-electron chi connectivity index (χ1n) is 9.34. The Bertz CT molecular complexity index is 1000. The molecule has 1 amide bonds. The van der Waals surface area contributed by atoms with Gasteiger partial charge in [-0.25, -0.2) is 0 Å². The number of H-pyrrole nitrogens is 1. The number of fused-ring (bicyclic) bond motifs is 1. The first-order chi connectivity index (χ1) is 13.1. The minimum atomic E-state index is -0.0242. The Morgan fingerprint density at radius 2 is 1.96 bits per heavy atom. The van der Waals surface area contributed by atoms with Crippen molar-refractivity contribution in [1.29, 1.82) is 0 Å². The van der Waals surface area contributed by atoms with Gasteiger partial charge in [0.15, 0.2) is 0 Å². The molecule has 27 heavy (non-hydrogen) atoms. The largest absolute Gasteiger partial charge is 0.335 e. The molecule has 0 saturated carbocycles. The van der Waals surface area contributed by atoms with E-state index >= 15 is 0 Å². The lowest BCUT2D eigenvalue weighted by molar-refractivity contribution is 0.0633. The summed E-state index contributed by atoms with van der Waals surface area (Å²) in [4.78, 5) is 32.8. The first-order valence-corrected chi connectivity index (χ1v) is 10.2. The van der Waals surface area contributed by atoms with E-state index in [9.17, 15) is 9.59 Å². The third kappa shape index (κ3) is 3.82. The molecule has 0 radical (unpaired) electrons. The van der Waals surface area contributed by atoms with Gasteiger partial charge < -0.3 is 9.88 Å². The van der Waals surface area contributed by atoms with Crippen molar-refractivity contribution in [3.05, 3.63) is 68.1 Å². The van der Waals surface area contributed by atoms with Crippen LogP contribution in [0.15, 0.2) is 46.6 Å². The highest BCUT2D eigenvalue weighted by atomic mass is 32.1. The van der Waals surface area contributed by atoms with Crippen LogP contribution in [0, 0.1) is 0 Å². The first kappa shape index (κ1) is 17.9. The van der Waals surface area contributed by atoms with Crippen LogP contribution in [0.4, 0.5) is 0 Å². The van der Waals surface area contributed by atoms with Crippen molar-refractivity contribution in [1.82, 2.24) is 14.8 Å². The zero-order chi connectivity index (χ0) is 18.8. The summed E-state index contributed by atoms with van der Waals surface area (Å²) in [6.07, 6.45) is 0.977. The van der Waals surface area contributed by atoms with E-state index in [1.165, 1.54) is 16.9 Å². The predicted molar refractivity (Wildman–Crippen MR) is 109 cm³/mol. The van der Waals surface area contributed by atoms with E-state index in [0.717, 1.165) is 40.9 Å². The summed E-state index contributed by atoms with van der Waals surface area (Å²) in [5.74, 6) is 0.111. The molecule has 1 aliphatic rings. The van der Waals surface area contributed by atoms with Gasteiger partial charge in [-0.3, -0.25) is 14.5 Å². The molecule has 6 heteroatoms. The molecule has 1 N–H and O–H groups in total. The lowest BCUT2D eigenvalue weighted by Crippen LogP contribution is -2.48. The zero-order valence-electron chi connectivity index (χ0n) is 15.4. The van der Waals surface area contributed by atoms with Gasteiger partial charge in [-0.2, -0.15) is 0 Å². The lowest BCUT2D eigenvalue weighted by Gasteiger charge is -2.34. The molecule has 1 aliphatic heterocycles. The summed E-state index contributed by atoms with van der Waals surface area (Å²) in [7, 11) is 0. The Hall–Kier alpha value is -2.44. The molecule has 1 fully saturated rings. The number of pyridine rings is 1. The molecule has 0 unspecified atom stereocenters. The Balaban J connectivity index is 1.45. The van der Waals surface area contributed by atoms with Gasteiger partial charge in [0.2, 0.25) is 0 Å². The van der Waals surface area contributed by atoms with Gasteiger partial charge in [-0.15, -0.1) is 11.3 Å². The summed E-state index contributed by atoms with van der Waals surface area (Å²) < 4.78 is 0. The SMILES string of the molecule is CCc1ccc2[nH]c(=O)c(CN3CCN(C(=O)c4cccs4)CC3)cc2c1. The number of benzene rings is 1. The van der Waals surface area contributed by atoms with Crippen molar-refractivity contribution in [2.24, 2.45) is 0 Å². The zero-order valence-corrected chi connectivity index (χ0v) is 16.2. The van der Waals surface area contributed by atoms with Crippen molar-refractivity contribution in [2.45, 2.75) is 19.9 Å². The molecule has 4 rings (SSSR count). The van der Waals surface area contributed by atoms with Crippen LogP contribution in [0.2, 0.25) is 0 Å². The van der Waals surface area contributed by atoms with Crippen molar-refractivity contribution in [3.8, 4) is 0 Å². The lowest BCUT2D eigenvalue weighted by atomic mass is 10.1. The number of aromatic amines is 1. The second kappa shape index (κ2) is 7.66. The monoisotopic (exact) mass is 381 g/mol. The molecule has 0 aliphatic carbocycles.